The Hall–Kier alpha value is -3.13. The molecule has 0 spiro atoms. The molecule has 0 radical (unpaired) electrons. The predicted octanol–water partition coefficient (Wildman–Crippen LogP) is 2.21. The standard InChI is InChI=1S/C19H22N6O2.H2/c1-20-18(26)13-5-7-14(8-6-13)22-19-23-16-3-2-4-17(25(16)24-19)27-15-9-11-21-12-10-15;/h2-8,15,21H,9-12H2,1H3,(H,20,26)(H,22,24);1H. The number of anilines is 2. The summed E-state index contributed by atoms with van der Waals surface area (Å²) < 4.78 is 7.85. The number of aromatic nitrogens is 3. The number of carbonyl (C=O) groups excluding carboxylic acids is 1. The number of pyridine rings is 1. The quantitative estimate of drug-likeness (QED) is 0.639. The van der Waals surface area contributed by atoms with E-state index in [0.717, 1.165) is 31.6 Å². The highest BCUT2D eigenvalue weighted by molar-refractivity contribution is 5.94. The number of nitrogens with one attached hydrogen (secondary N) is 3. The fourth-order valence-electron chi connectivity index (χ4n) is 3.09. The monoisotopic (exact) mass is 368 g/mol. The third-order valence-corrected chi connectivity index (χ3v) is 4.53. The molecule has 0 atom stereocenters. The van der Waals surface area contributed by atoms with E-state index >= 15 is 0 Å². The molecular formula is C19H24N6O2. The van der Waals surface area contributed by atoms with E-state index in [4.69, 9.17) is 4.74 Å². The topological polar surface area (TPSA) is 92.6 Å². The molecule has 2 aromatic heterocycles. The Morgan fingerprint density at radius 3 is 2.74 bits per heavy atom. The number of nitrogens with zero attached hydrogens (tertiary/aromatic N) is 3. The Morgan fingerprint density at radius 1 is 1.22 bits per heavy atom. The van der Waals surface area contributed by atoms with E-state index in [9.17, 15) is 4.79 Å². The van der Waals surface area contributed by atoms with Crippen molar-refractivity contribution in [3.8, 4) is 5.88 Å². The zero-order valence-corrected chi connectivity index (χ0v) is 15.1. The van der Waals surface area contributed by atoms with Crippen LogP contribution in [-0.4, -0.2) is 46.7 Å². The molecule has 4 rings (SSSR count). The molecule has 3 aromatic rings. The first-order valence-electron chi connectivity index (χ1n) is 9.05. The summed E-state index contributed by atoms with van der Waals surface area (Å²) in [4.78, 5) is 16.1. The van der Waals surface area contributed by atoms with Gasteiger partial charge < -0.3 is 20.7 Å². The van der Waals surface area contributed by atoms with Gasteiger partial charge >= 0.3 is 0 Å². The van der Waals surface area contributed by atoms with Crippen molar-refractivity contribution < 1.29 is 11.0 Å². The molecule has 0 aliphatic carbocycles. The van der Waals surface area contributed by atoms with Crippen molar-refractivity contribution in [2.75, 3.05) is 25.5 Å². The maximum absolute atomic E-state index is 11.6. The molecule has 1 aromatic carbocycles. The molecule has 1 saturated heterocycles. The maximum Gasteiger partial charge on any atom is 0.251 e. The van der Waals surface area contributed by atoms with Gasteiger partial charge in [0.25, 0.3) is 5.91 Å². The number of benzene rings is 1. The molecule has 1 fully saturated rings. The van der Waals surface area contributed by atoms with Crippen molar-refractivity contribution in [2.45, 2.75) is 18.9 Å². The van der Waals surface area contributed by atoms with Crippen LogP contribution in [0, 0.1) is 0 Å². The van der Waals surface area contributed by atoms with Crippen LogP contribution in [0.1, 0.15) is 24.6 Å². The third-order valence-electron chi connectivity index (χ3n) is 4.53. The van der Waals surface area contributed by atoms with Crippen LogP contribution in [0.3, 0.4) is 0 Å². The SMILES string of the molecule is CNC(=O)c1ccc(Nc2nc3cccc(OC4CCNCC4)n3n2)cc1.[HH]. The fraction of sp³-hybridized carbons (Fsp3) is 0.316. The number of hydrogen-bond donors (Lipinski definition) is 3. The lowest BCUT2D eigenvalue weighted by Gasteiger charge is -2.23. The number of rotatable bonds is 5. The van der Waals surface area contributed by atoms with Crippen molar-refractivity contribution >= 4 is 23.2 Å². The first kappa shape index (κ1) is 17.3. The van der Waals surface area contributed by atoms with E-state index in [1.54, 1.807) is 23.7 Å². The minimum atomic E-state index is -0.118. The molecule has 0 saturated carbocycles. The van der Waals surface area contributed by atoms with Crippen LogP contribution in [0.4, 0.5) is 11.6 Å². The van der Waals surface area contributed by atoms with Crippen LogP contribution >= 0.6 is 0 Å². The van der Waals surface area contributed by atoms with E-state index in [-0.39, 0.29) is 13.4 Å². The van der Waals surface area contributed by atoms with Gasteiger partial charge in [0.15, 0.2) is 5.65 Å². The number of amides is 1. The second-order valence-electron chi connectivity index (χ2n) is 6.42. The highest BCUT2D eigenvalue weighted by atomic mass is 16.5. The molecule has 1 aliphatic heterocycles. The highest BCUT2D eigenvalue weighted by Crippen LogP contribution is 2.21. The first-order valence-corrected chi connectivity index (χ1v) is 9.05. The lowest BCUT2D eigenvalue weighted by molar-refractivity contribution is 0.0963. The minimum absolute atomic E-state index is 0. The number of piperidine rings is 1. The van der Waals surface area contributed by atoms with Crippen LogP contribution in [0.2, 0.25) is 0 Å². The molecule has 8 heteroatoms. The second-order valence-corrected chi connectivity index (χ2v) is 6.42. The van der Waals surface area contributed by atoms with E-state index in [2.05, 4.69) is 26.0 Å². The molecule has 0 unspecified atom stereocenters. The molecule has 3 heterocycles. The van der Waals surface area contributed by atoms with E-state index < -0.39 is 0 Å². The largest absolute Gasteiger partial charge is 0.474 e. The number of carbonyl (C=O) groups is 1. The van der Waals surface area contributed by atoms with Crippen molar-refractivity contribution in [1.29, 1.82) is 0 Å². The predicted molar refractivity (Wildman–Crippen MR) is 105 cm³/mol. The zero-order chi connectivity index (χ0) is 18.6. The Bertz CT molecular complexity index is 937. The summed E-state index contributed by atoms with van der Waals surface area (Å²) in [6.07, 6.45) is 2.15. The zero-order valence-electron chi connectivity index (χ0n) is 15.1. The van der Waals surface area contributed by atoms with Gasteiger partial charge in [0.2, 0.25) is 11.8 Å². The average Bonchev–Trinajstić information content (AvgIpc) is 3.12. The van der Waals surface area contributed by atoms with E-state index in [0.29, 0.717) is 23.0 Å². The van der Waals surface area contributed by atoms with Crippen molar-refractivity contribution in [3.05, 3.63) is 48.0 Å². The van der Waals surface area contributed by atoms with Crippen LogP contribution < -0.4 is 20.7 Å². The highest BCUT2D eigenvalue weighted by Gasteiger charge is 2.17. The van der Waals surface area contributed by atoms with Crippen molar-refractivity contribution in [1.82, 2.24) is 25.2 Å². The van der Waals surface area contributed by atoms with E-state index in [1.807, 2.05) is 30.3 Å². The lowest BCUT2D eigenvalue weighted by atomic mass is 10.1. The van der Waals surface area contributed by atoms with Gasteiger partial charge in [-0.3, -0.25) is 4.79 Å². The Balaban J connectivity index is 0.00000225. The van der Waals surface area contributed by atoms with Gasteiger partial charge in [-0.25, -0.2) is 0 Å². The molecule has 1 aliphatic rings. The maximum atomic E-state index is 11.6. The second kappa shape index (κ2) is 7.63. The summed E-state index contributed by atoms with van der Waals surface area (Å²) in [6.45, 7) is 1.94. The van der Waals surface area contributed by atoms with Gasteiger partial charge in [0.1, 0.15) is 6.10 Å². The van der Waals surface area contributed by atoms with Crippen LogP contribution in [-0.2, 0) is 0 Å². The average molecular weight is 368 g/mol. The molecule has 142 valence electrons. The Labute approximate surface area is 158 Å². The Morgan fingerprint density at radius 2 is 2.00 bits per heavy atom. The molecule has 1 amide bonds. The van der Waals surface area contributed by atoms with Gasteiger partial charge in [-0.15, -0.1) is 5.10 Å². The summed E-state index contributed by atoms with van der Waals surface area (Å²) in [7, 11) is 1.61. The van der Waals surface area contributed by atoms with Gasteiger partial charge in [0, 0.05) is 25.8 Å². The smallest absolute Gasteiger partial charge is 0.251 e. The van der Waals surface area contributed by atoms with Crippen LogP contribution in [0.25, 0.3) is 5.65 Å². The molecule has 27 heavy (non-hydrogen) atoms. The van der Waals surface area contributed by atoms with Crippen LogP contribution in [0.15, 0.2) is 42.5 Å². The number of fused-ring (bicyclic) bond motifs is 1. The fourth-order valence-corrected chi connectivity index (χ4v) is 3.09. The summed E-state index contributed by atoms with van der Waals surface area (Å²) >= 11 is 0. The van der Waals surface area contributed by atoms with Crippen molar-refractivity contribution in [3.63, 3.8) is 0 Å². The molecular weight excluding hydrogens is 344 g/mol. The normalized spacial score (nSPS) is 14.9. The minimum Gasteiger partial charge on any atom is -0.474 e. The number of ether oxygens (including phenoxy) is 1. The summed E-state index contributed by atoms with van der Waals surface area (Å²) in [5.74, 6) is 1.05. The van der Waals surface area contributed by atoms with E-state index in [1.165, 1.54) is 0 Å². The van der Waals surface area contributed by atoms with Gasteiger partial charge in [-0.1, -0.05) is 6.07 Å². The number of hydrogen-bond acceptors (Lipinski definition) is 6. The molecule has 0 bridgehead atoms. The van der Waals surface area contributed by atoms with Gasteiger partial charge in [-0.05, 0) is 56.3 Å². The molecule has 3 N–H and O–H groups in total. The Kier molecular flexibility index (Phi) is 4.88. The summed E-state index contributed by atoms with van der Waals surface area (Å²) in [5.41, 5.74) is 2.12. The first-order chi connectivity index (χ1) is 13.2. The summed E-state index contributed by atoms with van der Waals surface area (Å²) in [6, 6.07) is 12.9. The van der Waals surface area contributed by atoms with Gasteiger partial charge in [0.05, 0.1) is 0 Å². The third kappa shape index (κ3) is 3.85. The van der Waals surface area contributed by atoms with Crippen LogP contribution in [0.5, 0.6) is 5.88 Å². The van der Waals surface area contributed by atoms with Gasteiger partial charge in [-0.2, -0.15) is 9.50 Å². The molecule has 8 nitrogen and oxygen atoms in total. The van der Waals surface area contributed by atoms with Crippen molar-refractivity contribution in [2.24, 2.45) is 0 Å². The summed E-state index contributed by atoms with van der Waals surface area (Å²) in [5, 5.41) is 13.6. The lowest BCUT2D eigenvalue weighted by Crippen LogP contribution is -2.34.